The molecule has 76 valence electrons. The summed E-state index contributed by atoms with van der Waals surface area (Å²) in [6.07, 6.45) is 4.00. The second-order valence-electron chi connectivity index (χ2n) is 3.17. The molecule has 0 bridgehead atoms. The van der Waals surface area contributed by atoms with Crippen LogP contribution in [0.25, 0.3) is 6.08 Å². The molecule has 0 unspecified atom stereocenters. The number of aliphatic carboxylic acids is 1. The Hall–Kier alpha value is -1.58. The molecule has 14 heavy (non-hydrogen) atoms. The first-order valence-electron chi connectivity index (χ1n) is 4.48. The molecule has 1 heterocycles. The lowest BCUT2D eigenvalue weighted by molar-refractivity contribution is -0.132. The molecule has 1 N–H and O–H groups in total. The van der Waals surface area contributed by atoms with Gasteiger partial charge in [-0.15, -0.1) is 0 Å². The Kier molecular flexibility index (Phi) is 3.06. The van der Waals surface area contributed by atoms with E-state index in [4.69, 9.17) is 5.11 Å². The molecule has 0 saturated heterocycles. The Morgan fingerprint density at radius 3 is 2.71 bits per heavy atom. The van der Waals surface area contributed by atoms with E-state index in [0.29, 0.717) is 12.0 Å². The summed E-state index contributed by atoms with van der Waals surface area (Å²) < 4.78 is 1.68. The van der Waals surface area contributed by atoms with Gasteiger partial charge in [0.1, 0.15) is 0 Å². The molecule has 0 aliphatic rings. The zero-order valence-corrected chi connectivity index (χ0v) is 8.61. The molecule has 0 spiro atoms. The van der Waals surface area contributed by atoms with Crippen LogP contribution in [-0.2, 0) is 11.8 Å². The molecule has 1 aromatic heterocycles. The van der Waals surface area contributed by atoms with E-state index >= 15 is 0 Å². The third kappa shape index (κ3) is 2.22. The van der Waals surface area contributed by atoms with Gasteiger partial charge in [-0.3, -0.25) is 4.68 Å². The number of carboxylic acid groups (broad SMARTS) is 1. The zero-order valence-electron chi connectivity index (χ0n) is 8.61. The number of aromatic nitrogens is 2. The maximum absolute atomic E-state index is 10.8. The number of hydrogen-bond acceptors (Lipinski definition) is 2. The molecule has 0 aliphatic heterocycles. The zero-order chi connectivity index (χ0) is 10.7. The highest BCUT2D eigenvalue weighted by molar-refractivity contribution is 5.92. The molecule has 0 radical (unpaired) electrons. The average Bonchev–Trinajstić information content (AvgIpc) is 2.40. The number of aryl methyl sites for hydroxylation is 2. The minimum absolute atomic E-state index is 0.404. The van der Waals surface area contributed by atoms with Crippen LogP contribution in [0.4, 0.5) is 0 Å². The molecule has 4 nitrogen and oxygen atoms in total. The van der Waals surface area contributed by atoms with Crippen molar-refractivity contribution in [3.63, 3.8) is 0 Å². The van der Waals surface area contributed by atoms with Gasteiger partial charge in [0.15, 0.2) is 0 Å². The van der Waals surface area contributed by atoms with E-state index in [1.54, 1.807) is 10.8 Å². The van der Waals surface area contributed by atoms with Crippen molar-refractivity contribution in [1.29, 1.82) is 0 Å². The summed E-state index contributed by atoms with van der Waals surface area (Å²) >= 11 is 0. The SMILES string of the molecule is CC/C(=C\c1cn(C)nc1C)C(=O)O. The molecule has 0 fully saturated rings. The molecule has 0 aliphatic carbocycles. The van der Waals surface area contributed by atoms with Crippen molar-refractivity contribution in [2.45, 2.75) is 20.3 Å². The smallest absolute Gasteiger partial charge is 0.331 e. The van der Waals surface area contributed by atoms with E-state index in [2.05, 4.69) is 5.10 Å². The highest BCUT2D eigenvalue weighted by Gasteiger charge is 2.06. The molecule has 1 rings (SSSR count). The number of carbonyl (C=O) groups is 1. The standard InChI is InChI=1S/C10H14N2O2/c1-4-8(10(13)14)5-9-6-12(3)11-7(9)2/h5-6H,4H2,1-3H3,(H,13,14)/b8-5+. The molecule has 0 atom stereocenters. The summed E-state index contributed by atoms with van der Waals surface area (Å²) in [6.45, 7) is 3.69. The van der Waals surface area contributed by atoms with Crippen molar-refractivity contribution in [3.05, 3.63) is 23.0 Å². The minimum Gasteiger partial charge on any atom is -0.478 e. The molecular formula is C10H14N2O2. The maximum Gasteiger partial charge on any atom is 0.331 e. The summed E-state index contributed by atoms with van der Waals surface area (Å²) in [5.41, 5.74) is 2.12. The van der Waals surface area contributed by atoms with Gasteiger partial charge in [-0.1, -0.05) is 6.92 Å². The van der Waals surface area contributed by atoms with Gasteiger partial charge in [0.25, 0.3) is 0 Å². The third-order valence-corrected chi connectivity index (χ3v) is 2.04. The topological polar surface area (TPSA) is 55.1 Å². The highest BCUT2D eigenvalue weighted by atomic mass is 16.4. The molecule has 1 aromatic rings. The number of carboxylic acids is 1. The van der Waals surface area contributed by atoms with Crippen LogP contribution in [0.1, 0.15) is 24.6 Å². The number of nitrogens with zero attached hydrogens (tertiary/aromatic N) is 2. The van der Waals surface area contributed by atoms with Gasteiger partial charge in [0, 0.05) is 24.4 Å². The normalized spacial score (nSPS) is 11.8. The second kappa shape index (κ2) is 4.09. The van der Waals surface area contributed by atoms with Crippen LogP contribution in [-0.4, -0.2) is 20.9 Å². The average molecular weight is 194 g/mol. The second-order valence-corrected chi connectivity index (χ2v) is 3.17. The Balaban J connectivity index is 3.06. The Morgan fingerprint density at radius 2 is 2.36 bits per heavy atom. The lowest BCUT2D eigenvalue weighted by Gasteiger charge is -1.96. The van der Waals surface area contributed by atoms with Gasteiger partial charge in [0.2, 0.25) is 0 Å². The molecule has 0 aromatic carbocycles. The Morgan fingerprint density at radius 1 is 1.71 bits per heavy atom. The van der Waals surface area contributed by atoms with E-state index in [1.807, 2.05) is 27.1 Å². The first-order chi connectivity index (χ1) is 6.54. The molecular weight excluding hydrogens is 180 g/mol. The van der Waals surface area contributed by atoms with E-state index in [0.717, 1.165) is 11.3 Å². The monoisotopic (exact) mass is 194 g/mol. The number of rotatable bonds is 3. The Bertz CT molecular complexity index is 377. The van der Waals surface area contributed by atoms with Gasteiger partial charge in [-0.05, 0) is 19.4 Å². The quantitative estimate of drug-likeness (QED) is 0.744. The van der Waals surface area contributed by atoms with Crippen LogP contribution in [0, 0.1) is 6.92 Å². The van der Waals surface area contributed by atoms with Crippen molar-refractivity contribution in [2.75, 3.05) is 0 Å². The van der Waals surface area contributed by atoms with Crippen LogP contribution in [0.5, 0.6) is 0 Å². The fourth-order valence-electron chi connectivity index (χ4n) is 1.26. The van der Waals surface area contributed by atoms with Crippen molar-refractivity contribution >= 4 is 12.0 Å². The molecule has 0 amide bonds. The fraction of sp³-hybridized carbons (Fsp3) is 0.400. The van der Waals surface area contributed by atoms with Crippen molar-refractivity contribution in [3.8, 4) is 0 Å². The summed E-state index contributed by atoms with van der Waals surface area (Å²) in [5, 5.41) is 13.0. The summed E-state index contributed by atoms with van der Waals surface area (Å²) in [5.74, 6) is -0.865. The van der Waals surface area contributed by atoms with Crippen molar-refractivity contribution in [1.82, 2.24) is 9.78 Å². The van der Waals surface area contributed by atoms with E-state index in [-0.39, 0.29) is 0 Å². The predicted octanol–water partition coefficient (Wildman–Crippen LogP) is 1.61. The fourth-order valence-corrected chi connectivity index (χ4v) is 1.26. The highest BCUT2D eigenvalue weighted by Crippen LogP contribution is 2.12. The van der Waals surface area contributed by atoms with E-state index in [9.17, 15) is 4.79 Å². The lowest BCUT2D eigenvalue weighted by atomic mass is 10.1. The maximum atomic E-state index is 10.8. The molecule has 4 heteroatoms. The third-order valence-electron chi connectivity index (χ3n) is 2.04. The van der Waals surface area contributed by atoms with Gasteiger partial charge < -0.3 is 5.11 Å². The minimum atomic E-state index is -0.865. The van der Waals surface area contributed by atoms with Crippen LogP contribution in [0.2, 0.25) is 0 Å². The van der Waals surface area contributed by atoms with Crippen LogP contribution < -0.4 is 0 Å². The predicted molar refractivity (Wildman–Crippen MR) is 53.8 cm³/mol. The number of hydrogen-bond donors (Lipinski definition) is 1. The van der Waals surface area contributed by atoms with Crippen LogP contribution >= 0.6 is 0 Å². The van der Waals surface area contributed by atoms with Crippen molar-refractivity contribution < 1.29 is 9.90 Å². The van der Waals surface area contributed by atoms with Crippen LogP contribution in [0.15, 0.2) is 11.8 Å². The van der Waals surface area contributed by atoms with E-state index in [1.165, 1.54) is 0 Å². The van der Waals surface area contributed by atoms with Gasteiger partial charge >= 0.3 is 5.97 Å². The van der Waals surface area contributed by atoms with Crippen molar-refractivity contribution in [2.24, 2.45) is 7.05 Å². The summed E-state index contributed by atoms with van der Waals surface area (Å²) in [7, 11) is 1.82. The molecule has 0 saturated carbocycles. The van der Waals surface area contributed by atoms with Gasteiger partial charge in [0.05, 0.1) is 5.69 Å². The van der Waals surface area contributed by atoms with Crippen LogP contribution in [0.3, 0.4) is 0 Å². The lowest BCUT2D eigenvalue weighted by Crippen LogP contribution is -1.98. The largest absolute Gasteiger partial charge is 0.478 e. The van der Waals surface area contributed by atoms with Gasteiger partial charge in [-0.2, -0.15) is 5.10 Å². The first-order valence-corrected chi connectivity index (χ1v) is 4.48. The first kappa shape index (κ1) is 10.5. The Labute approximate surface area is 82.9 Å². The summed E-state index contributed by atoms with van der Waals surface area (Å²) in [4.78, 5) is 10.8. The summed E-state index contributed by atoms with van der Waals surface area (Å²) in [6, 6.07) is 0. The van der Waals surface area contributed by atoms with E-state index < -0.39 is 5.97 Å². The van der Waals surface area contributed by atoms with Gasteiger partial charge in [-0.25, -0.2) is 4.79 Å².